The second-order valence-electron chi connectivity index (χ2n) is 5.49. The monoisotopic (exact) mass is 295 g/mol. The summed E-state index contributed by atoms with van der Waals surface area (Å²) in [4.78, 5) is 4.49. The maximum absolute atomic E-state index is 9.31. The highest BCUT2D eigenvalue weighted by Gasteiger charge is 2.12. The first-order chi connectivity index (χ1) is 10.8. The number of rotatable bonds is 6. The smallest absolute Gasteiger partial charge is 0.139 e. The lowest BCUT2D eigenvalue weighted by Gasteiger charge is -2.18. The van der Waals surface area contributed by atoms with Crippen molar-refractivity contribution in [2.75, 3.05) is 6.61 Å². The molecule has 3 rings (SSSR count). The number of hydrogen-bond acceptors (Lipinski definition) is 3. The molecule has 1 atom stereocenters. The first kappa shape index (κ1) is 14.8. The Hall–Kier alpha value is -2.17. The number of aromatic nitrogens is 2. The summed E-state index contributed by atoms with van der Waals surface area (Å²) in [7, 11) is 0. The highest BCUT2D eigenvalue weighted by atomic mass is 16.3. The van der Waals surface area contributed by atoms with E-state index in [9.17, 15) is 5.11 Å². The number of pyridine rings is 1. The van der Waals surface area contributed by atoms with Crippen molar-refractivity contribution in [2.45, 2.75) is 25.9 Å². The van der Waals surface area contributed by atoms with Crippen LogP contribution in [0.2, 0.25) is 0 Å². The van der Waals surface area contributed by atoms with Crippen LogP contribution in [0.5, 0.6) is 0 Å². The zero-order valence-corrected chi connectivity index (χ0v) is 12.7. The number of fused-ring (bicyclic) bond motifs is 1. The van der Waals surface area contributed by atoms with E-state index in [0.717, 1.165) is 11.3 Å². The molecule has 4 heteroatoms. The molecule has 114 valence electrons. The summed E-state index contributed by atoms with van der Waals surface area (Å²) >= 11 is 0. The summed E-state index contributed by atoms with van der Waals surface area (Å²) < 4.78 is 2.11. The third-order valence-corrected chi connectivity index (χ3v) is 3.96. The van der Waals surface area contributed by atoms with Crippen LogP contribution in [0, 0.1) is 6.92 Å². The first-order valence-corrected chi connectivity index (χ1v) is 7.60. The van der Waals surface area contributed by atoms with Gasteiger partial charge in [0.15, 0.2) is 0 Å². The summed E-state index contributed by atoms with van der Waals surface area (Å²) in [5.74, 6) is 0. The molecule has 4 nitrogen and oxygen atoms in total. The number of nitrogens with one attached hydrogen (secondary N) is 1. The molecule has 0 radical (unpaired) electrons. The average molecular weight is 295 g/mol. The van der Waals surface area contributed by atoms with Crippen LogP contribution in [0.1, 0.15) is 29.3 Å². The Morgan fingerprint density at radius 1 is 1.18 bits per heavy atom. The van der Waals surface area contributed by atoms with Crippen molar-refractivity contribution in [3.63, 3.8) is 0 Å². The van der Waals surface area contributed by atoms with Gasteiger partial charge in [0.25, 0.3) is 0 Å². The number of benzene rings is 1. The lowest BCUT2D eigenvalue weighted by molar-refractivity contribution is 0.265. The second-order valence-corrected chi connectivity index (χ2v) is 5.49. The fraction of sp³-hybridized carbons (Fsp3) is 0.278. The Kier molecular flexibility index (Phi) is 4.51. The Labute approximate surface area is 130 Å². The van der Waals surface area contributed by atoms with Gasteiger partial charge in [-0.1, -0.05) is 36.4 Å². The van der Waals surface area contributed by atoms with Crippen molar-refractivity contribution in [3.8, 4) is 0 Å². The fourth-order valence-corrected chi connectivity index (χ4v) is 2.76. The maximum Gasteiger partial charge on any atom is 0.139 e. The number of nitrogens with zero attached hydrogens (tertiary/aromatic N) is 2. The van der Waals surface area contributed by atoms with Gasteiger partial charge in [-0.15, -0.1) is 0 Å². The van der Waals surface area contributed by atoms with Gasteiger partial charge in [0.1, 0.15) is 5.65 Å². The Balaban J connectivity index is 1.78. The number of aliphatic hydroxyl groups excluding tert-OH is 1. The van der Waals surface area contributed by atoms with E-state index in [1.165, 1.54) is 11.1 Å². The lowest BCUT2D eigenvalue weighted by Crippen LogP contribution is -2.22. The van der Waals surface area contributed by atoms with Gasteiger partial charge in [0.2, 0.25) is 0 Å². The van der Waals surface area contributed by atoms with Crippen LogP contribution in [0.3, 0.4) is 0 Å². The molecule has 0 aliphatic rings. The number of hydrogen-bond donors (Lipinski definition) is 2. The van der Waals surface area contributed by atoms with Crippen LogP contribution >= 0.6 is 0 Å². The molecular formula is C18H21N3O. The summed E-state index contributed by atoms with van der Waals surface area (Å²) in [6.45, 7) is 2.95. The van der Waals surface area contributed by atoms with E-state index in [-0.39, 0.29) is 12.6 Å². The minimum atomic E-state index is 0.140. The predicted octanol–water partition coefficient (Wildman–Crippen LogP) is 2.86. The maximum atomic E-state index is 9.31. The van der Waals surface area contributed by atoms with Gasteiger partial charge in [-0.2, -0.15) is 0 Å². The summed E-state index contributed by atoms with van der Waals surface area (Å²) in [5.41, 5.74) is 4.49. The topological polar surface area (TPSA) is 49.6 Å². The second kappa shape index (κ2) is 6.73. The highest BCUT2D eigenvalue weighted by Crippen LogP contribution is 2.17. The minimum absolute atomic E-state index is 0.140. The van der Waals surface area contributed by atoms with E-state index >= 15 is 0 Å². The van der Waals surface area contributed by atoms with Crippen LogP contribution < -0.4 is 5.32 Å². The molecule has 0 aliphatic heterocycles. The lowest BCUT2D eigenvalue weighted by atomic mass is 10.0. The van der Waals surface area contributed by atoms with Crippen molar-refractivity contribution >= 4 is 5.65 Å². The molecule has 2 N–H and O–H groups in total. The van der Waals surface area contributed by atoms with E-state index in [1.54, 1.807) is 0 Å². The van der Waals surface area contributed by atoms with Crippen LogP contribution in [0.25, 0.3) is 5.65 Å². The Morgan fingerprint density at radius 3 is 2.77 bits per heavy atom. The third-order valence-electron chi connectivity index (χ3n) is 3.96. The normalized spacial score (nSPS) is 12.6. The van der Waals surface area contributed by atoms with E-state index < -0.39 is 0 Å². The molecule has 0 fully saturated rings. The van der Waals surface area contributed by atoms with Gasteiger partial charge in [-0.3, -0.25) is 0 Å². The quantitative estimate of drug-likeness (QED) is 0.735. The molecule has 0 aliphatic carbocycles. The number of imidazole rings is 1. The number of aliphatic hydroxyl groups is 1. The molecule has 2 aromatic heterocycles. The van der Waals surface area contributed by atoms with Crippen molar-refractivity contribution in [1.82, 2.24) is 14.7 Å². The van der Waals surface area contributed by atoms with E-state index in [0.29, 0.717) is 13.0 Å². The van der Waals surface area contributed by atoms with Crippen LogP contribution in [0.4, 0.5) is 0 Å². The third kappa shape index (κ3) is 3.03. The van der Waals surface area contributed by atoms with Gasteiger partial charge >= 0.3 is 0 Å². The summed E-state index contributed by atoms with van der Waals surface area (Å²) in [6, 6.07) is 14.5. The van der Waals surface area contributed by atoms with Gasteiger partial charge in [-0.05, 0) is 30.5 Å². The van der Waals surface area contributed by atoms with Gasteiger partial charge in [0.05, 0.1) is 11.9 Å². The Morgan fingerprint density at radius 2 is 2.00 bits per heavy atom. The number of aryl methyl sites for hydroxylation is 1. The highest BCUT2D eigenvalue weighted by molar-refractivity contribution is 5.48. The van der Waals surface area contributed by atoms with Crippen LogP contribution in [-0.2, 0) is 6.54 Å². The zero-order chi connectivity index (χ0) is 15.4. The molecular weight excluding hydrogens is 274 g/mol. The minimum Gasteiger partial charge on any atom is -0.396 e. The molecule has 0 saturated carbocycles. The molecule has 3 aromatic rings. The SMILES string of the molecule is Cc1cccn2c(CN[C@H](CCO)c3ccccc3)cnc12. The van der Waals surface area contributed by atoms with E-state index in [4.69, 9.17) is 0 Å². The summed E-state index contributed by atoms with van der Waals surface area (Å²) in [6.07, 6.45) is 4.64. The van der Waals surface area contributed by atoms with Crippen LogP contribution in [0.15, 0.2) is 54.9 Å². The Bertz CT molecular complexity index is 736. The molecule has 0 unspecified atom stereocenters. The van der Waals surface area contributed by atoms with Crippen molar-refractivity contribution in [2.24, 2.45) is 0 Å². The molecule has 22 heavy (non-hydrogen) atoms. The van der Waals surface area contributed by atoms with Gasteiger partial charge in [-0.25, -0.2) is 4.98 Å². The van der Waals surface area contributed by atoms with Gasteiger partial charge in [0, 0.05) is 25.4 Å². The molecule has 1 aromatic carbocycles. The van der Waals surface area contributed by atoms with Crippen molar-refractivity contribution in [1.29, 1.82) is 0 Å². The largest absolute Gasteiger partial charge is 0.396 e. The molecule has 0 bridgehead atoms. The molecule has 0 spiro atoms. The van der Waals surface area contributed by atoms with E-state index in [1.807, 2.05) is 36.7 Å². The molecule has 2 heterocycles. The fourth-order valence-electron chi connectivity index (χ4n) is 2.76. The molecule has 0 amide bonds. The molecule has 0 saturated heterocycles. The predicted molar refractivity (Wildman–Crippen MR) is 87.7 cm³/mol. The summed E-state index contributed by atoms with van der Waals surface area (Å²) in [5, 5.41) is 12.8. The van der Waals surface area contributed by atoms with E-state index in [2.05, 4.69) is 39.8 Å². The van der Waals surface area contributed by atoms with Gasteiger partial charge < -0.3 is 14.8 Å². The first-order valence-electron chi connectivity index (χ1n) is 7.60. The standard InChI is InChI=1S/C18H21N3O/c1-14-6-5-10-21-16(13-20-18(14)21)12-19-17(9-11-22)15-7-3-2-4-8-15/h2-8,10,13,17,19,22H,9,11-12H2,1H3/t17-/m1/s1. The van der Waals surface area contributed by atoms with Crippen molar-refractivity contribution < 1.29 is 5.11 Å². The van der Waals surface area contributed by atoms with Crippen molar-refractivity contribution in [3.05, 3.63) is 71.7 Å². The average Bonchev–Trinajstić information content (AvgIpc) is 2.97. The van der Waals surface area contributed by atoms with Crippen LogP contribution in [-0.4, -0.2) is 21.1 Å². The zero-order valence-electron chi connectivity index (χ0n) is 12.7.